The van der Waals surface area contributed by atoms with Crippen LogP contribution in [0, 0.1) is 46.3 Å². The van der Waals surface area contributed by atoms with Crippen molar-refractivity contribution in [2.75, 3.05) is 0 Å². The van der Waals surface area contributed by atoms with Crippen molar-refractivity contribution >= 4 is 27.5 Å². The van der Waals surface area contributed by atoms with Gasteiger partial charge in [0, 0.05) is 6.92 Å². The SMILES string of the molecule is CC(=O)O[C@@H]1CC[C@@]2(C)C(CC[C@H]3[C@@H]4CC[C@H]([C@H](C)CCc5nc6ccccc6s5)[C@@]4(C)CC[C@@H]32)C1. The van der Waals surface area contributed by atoms with Gasteiger partial charge in [-0.2, -0.15) is 0 Å². The molecule has 4 aliphatic carbocycles. The van der Waals surface area contributed by atoms with Gasteiger partial charge in [0.25, 0.3) is 0 Å². The molecule has 3 nitrogen and oxygen atoms in total. The van der Waals surface area contributed by atoms with Crippen molar-refractivity contribution in [3.8, 4) is 0 Å². The van der Waals surface area contributed by atoms with Crippen LogP contribution in [0.4, 0.5) is 0 Å². The summed E-state index contributed by atoms with van der Waals surface area (Å²) in [6.45, 7) is 9.43. The zero-order chi connectivity index (χ0) is 25.1. The summed E-state index contributed by atoms with van der Waals surface area (Å²) >= 11 is 1.89. The van der Waals surface area contributed by atoms with E-state index in [-0.39, 0.29) is 12.1 Å². The molecule has 0 bridgehead atoms. The summed E-state index contributed by atoms with van der Waals surface area (Å²) < 4.78 is 7.01. The van der Waals surface area contributed by atoms with Crippen LogP contribution < -0.4 is 0 Å². The Morgan fingerprint density at radius 2 is 1.83 bits per heavy atom. The summed E-state index contributed by atoms with van der Waals surface area (Å²) in [6.07, 6.45) is 14.5. The molecular formula is C32H45NO2S. The lowest BCUT2D eigenvalue weighted by Gasteiger charge is -2.61. The van der Waals surface area contributed by atoms with E-state index in [0.717, 1.165) is 54.8 Å². The van der Waals surface area contributed by atoms with Crippen LogP contribution in [-0.2, 0) is 16.0 Å². The van der Waals surface area contributed by atoms with Crippen molar-refractivity contribution in [2.24, 2.45) is 46.3 Å². The first-order chi connectivity index (χ1) is 17.3. The number of carbonyl (C=O) groups excluding carboxylic acids is 1. The Bertz CT molecular complexity index is 1080. The number of esters is 1. The molecular weight excluding hydrogens is 462 g/mol. The summed E-state index contributed by atoms with van der Waals surface area (Å²) in [7, 11) is 0. The Hall–Kier alpha value is -1.42. The molecule has 0 spiro atoms. The van der Waals surface area contributed by atoms with Crippen LogP contribution in [-0.4, -0.2) is 17.1 Å². The van der Waals surface area contributed by atoms with Gasteiger partial charge >= 0.3 is 5.97 Å². The number of hydrogen-bond acceptors (Lipinski definition) is 4. The maximum absolute atomic E-state index is 11.6. The number of benzene rings is 1. The third-order valence-electron chi connectivity index (χ3n) is 11.9. The molecule has 1 aromatic heterocycles. The van der Waals surface area contributed by atoms with Gasteiger partial charge in [-0.1, -0.05) is 32.9 Å². The minimum Gasteiger partial charge on any atom is -0.463 e. The van der Waals surface area contributed by atoms with E-state index in [4.69, 9.17) is 9.72 Å². The van der Waals surface area contributed by atoms with E-state index in [1.165, 1.54) is 66.6 Å². The number of carbonyl (C=O) groups is 1. The summed E-state index contributed by atoms with van der Waals surface area (Å²) in [5.74, 6) is 4.99. The normalized spacial score (nSPS) is 40.8. The lowest BCUT2D eigenvalue weighted by molar-refractivity contribution is -0.160. The van der Waals surface area contributed by atoms with E-state index in [2.05, 4.69) is 45.0 Å². The van der Waals surface area contributed by atoms with Crippen LogP contribution in [0.25, 0.3) is 10.2 Å². The quantitative estimate of drug-likeness (QED) is 0.381. The Kier molecular flexibility index (Phi) is 6.50. The molecule has 0 aliphatic heterocycles. The summed E-state index contributed by atoms with van der Waals surface area (Å²) in [5.41, 5.74) is 2.14. The van der Waals surface area contributed by atoms with Crippen LogP contribution in [0.5, 0.6) is 0 Å². The average Bonchev–Trinajstić information content (AvgIpc) is 3.43. The number of nitrogens with zero attached hydrogens (tertiary/aromatic N) is 1. The second kappa shape index (κ2) is 9.40. The van der Waals surface area contributed by atoms with Crippen molar-refractivity contribution in [3.63, 3.8) is 0 Å². The van der Waals surface area contributed by atoms with Gasteiger partial charge < -0.3 is 4.74 Å². The van der Waals surface area contributed by atoms with E-state index >= 15 is 0 Å². The van der Waals surface area contributed by atoms with Gasteiger partial charge in [-0.25, -0.2) is 4.98 Å². The highest BCUT2D eigenvalue weighted by atomic mass is 32.1. The zero-order valence-corrected chi connectivity index (χ0v) is 23.6. The van der Waals surface area contributed by atoms with Crippen LogP contribution in [0.15, 0.2) is 24.3 Å². The molecule has 9 atom stereocenters. The summed E-state index contributed by atoms with van der Waals surface area (Å²) in [5, 5.41) is 1.32. The molecule has 4 fully saturated rings. The lowest BCUT2D eigenvalue weighted by atomic mass is 9.44. The van der Waals surface area contributed by atoms with E-state index in [0.29, 0.717) is 10.8 Å². The number of fused-ring (bicyclic) bond motifs is 6. The van der Waals surface area contributed by atoms with Crippen molar-refractivity contribution in [2.45, 2.75) is 104 Å². The van der Waals surface area contributed by atoms with Crippen LogP contribution in [0.2, 0.25) is 0 Å². The topological polar surface area (TPSA) is 39.2 Å². The number of aromatic nitrogens is 1. The van der Waals surface area contributed by atoms with Crippen LogP contribution in [0.1, 0.15) is 96.9 Å². The molecule has 2 aromatic rings. The third-order valence-corrected chi connectivity index (χ3v) is 13.0. The highest BCUT2D eigenvalue weighted by molar-refractivity contribution is 7.18. The molecule has 36 heavy (non-hydrogen) atoms. The number of para-hydroxylation sites is 1. The molecule has 4 aliphatic rings. The number of aryl methyl sites for hydroxylation is 1. The standard InChI is InChI=1S/C32H45NO2S/c1-20(9-14-30-33-28-7-5-6-8-29(28)36-30)25-12-13-26-24-11-10-22-19-23(35-21(2)34)15-17-31(22,3)27(24)16-18-32(25,26)4/h5-8,20,22-27H,9-19H2,1-4H3/t20-,22?,23-,24+,25-,26+,27+,31+,32-/m1/s1. The first-order valence-electron chi connectivity index (χ1n) is 14.8. The number of ether oxygens (including phenoxy) is 1. The largest absolute Gasteiger partial charge is 0.463 e. The fourth-order valence-electron chi connectivity index (χ4n) is 10.1. The molecule has 196 valence electrons. The average molecular weight is 508 g/mol. The van der Waals surface area contributed by atoms with Gasteiger partial charge in [0.05, 0.1) is 15.2 Å². The predicted octanol–water partition coefficient (Wildman–Crippen LogP) is 8.46. The predicted molar refractivity (Wildman–Crippen MR) is 148 cm³/mol. The molecule has 0 amide bonds. The molecule has 4 heteroatoms. The fraction of sp³-hybridized carbons (Fsp3) is 0.750. The lowest BCUT2D eigenvalue weighted by Crippen LogP contribution is -2.54. The number of hydrogen-bond donors (Lipinski definition) is 0. The van der Waals surface area contributed by atoms with Gasteiger partial charge in [0.15, 0.2) is 0 Å². The van der Waals surface area contributed by atoms with Gasteiger partial charge in [0.2, 0.25) is 0 Å². The van der Waals surface area contributed by atoms with Gasteiger partial charge in [-0.3, -0.25) is 4.79 Å². The van der Waals surface area contributed by atoms with E-state index < -0.39 is 0 Å². The maximum Gasteiger partial charge on any atom is 0.302 e. The minimum absolute atomic E-state index is 0.0972. The number of rotatable bonds is 5. The second-order valence-corrected chi connectivity index (χ2v) is 14.6. The zero-order valence-electron chi connectivity index (χ0n) is 22.8. The van der Waals surface area contributed by atoms with Crippen molar-refractivity contribution in [1.82, 2.24) is 4.98 Å². The van der Waals surface area contributed by atoms with Crippen molar-refractivity contribution in [3.05, 3.63) is 29.3 Å². The summed E-state index contributed by atoms with van der Waals surface area (Å²) in [4.78, 5) is 16.5. The molecule has 1 aromatic carbocycles. The van der Waals surface area contributed by atoms with Crippen LogP contribution >= 0.6 is 11.3 Å². The third kappa shape index (κ3) is 4.14. The Morgan fingerprint density at radius 1 is 1.06 bits per heavy atom. The first kappa shape index (κ1) is 24.9. The Morgan fingerprint density at radius 3 is 2.64 bits per heavy atom. The first-order valence-corrected chi connectivity index (χ1v) is 15.6. The fourth-order valence-corrected chi connectivity index (χ4v) is 11.1. The number of thiazole rings is 1. The highest BCUT2D eigenvalue weighted by Gasteiger charge is 2.60. The van der Waals surface area contributed by atoms with Gasteiger partial charge in [-0.05, 0) is 129 Å². The van der Waals surface area contributed by atoms with Crippen molar-refractivity contribution in [1.29, 1.82) is 0 Å². The Labute approximate surface area is 221 Å². The van der Waals surface area contributed by atoms with Gasteiger partial charge in [0.1, 0.15) is 6.10 Å². The minimum atomic E-state index is -0.0972. The second-order valence-electron chi connectivity index (χ2n) is 13.5. The van der Waals surface area contributed by atoms with Crippen LogP contribution in [0.3, 0.4) is 0 Å². The molecule has 1 unspecified atom stereocenters. The monoisotopic (exact) mass is 507 g/mol. The van der Waals surface area contributed by atoms with Gasteiger partial charge in [-0.15, -0.1) is 11.3 Å². The Balaban J connectivity index is 1.12. The molecule has 1 heterocycles. The van der Waals surface area contributed by atoms with E-state index in [1.54, 1.807) is 6.92 Å². The molecule has 0 N–H and O–H groups in total. The molecule has 0 radical (unpaired) electrons. The molecule has 0 saturated heterocycles. The smallest absolute Gasteiger partial charge is 0.302 e. The highest BCUT2D eigenvalue weighted by Crippen LogP contribution is 2.68. The van der Waals surface area contributed by atoms with E-state index in [9.17, 15) is 4.79 Å². The maximum atomic E-state index is 11.6. The molecule has 6 rings (SSSR count). The molecule has 4 saturated carbocycles. The summed E-state index contributed by atoms with van der Waals surface area (Å²) in [6, 6.07) is 8.59. The van der Waals surface area contributed by atoms with E-state index in [1.807, 2.05) is 11.3 Å². The van der Waals surface area contributed by atoms with Crippen molar-refractivity contribution < 1.29 is 9.53 Å².